The molecule has 0 saturated heterocycles. The standard InChI is InChI=1S/C83H142O17P2/c1-5-9-13-17-21-25-29-33-36-38-41-45-48-52-56-60-64-68-81(86)94-74-79(100-83(88)70-66-62-58-54-50-46-42-39-37-34-30-26-22-18-14-10-6-2)76-98-102(91,92)96-72-77(84)71-95-101(89,90)97-75-78(99-82(87)69-65-61-57-53-49-43-32-28-24-20-16-12-8-4)73-93-80(85)67-63-59-55-51-47-44-40-35-31-27-23-19-15-11-7-3/h9-11,13-15,21-23,25-28,32-37,40,77-79,84H,5-8,12,16-20,24,29-31,38-39,41-76H2,1-4H3,(H,89,90)(H,91,92)/b13-9-,14-10-,15-11-,25-21-,26-22-,27-23-,32-28-,36-33-,37-34-,40-35-. The molecule has 0 aliphatic carbocycles. The highest BCUT2D eigenvalue weighted by Gasteiger charge is 2.30. The summed E-state index contributed by atoms with van der Waals surface area (Å²) in [5.41, 5.74) is 0. The first-order chi connectivity index (χ1) is 49.7. The van der Waals surface area contributed by atoms with E-state index in [0.717, 1.165) is 218 Å². The number of allylic oxidation sites excluding steroid dienone is 20. The first kappa shape index (κ1) is 97.5. The number of esters is 4. The number of carbonyl (C=O) groups is 4. The molecule has 0 fully saturated rings. The number of carbonyl (C=O) groups excluding carboxylic acids is 4. The van der Waals surface area contributed by atoms with Crippen LogP contribution < -0.4 is 0 Å². The summed E-state index contributed by atoms with van der Waals surface area (Å²) < 4.78 is 68.6. The second-order valence-electron chi connectivity index (χ2n) is 26.2. The van der Waals surface area contributed by atoms with Crippen molar-refractivity contribution in [2.75, 3.05) is 39.6 Å². The van der Waals surface area contributed by atoms with Crippen molar-refractivity contribution in [3.05, 3.63) is 122 Å². The van der Waals surface area contributed by atoms with Crippen molar-refractivity contribution in [2.24, 2.45) is 0 Å². The van der Waals surface area contributed by atoms with Crippen LogP contribution in [0, 0.1) is 0 Å². The van der Waals surface area contributed by atoms with Gasteiger partial charge in [-0.1, -0.05) is 271 Å². The molecule has 0 aliphatic heterocycles. The Morgan fingerprint density at radius 3 is 0.794 bits per heavy atom. The molecule has 5 atom stereocenters. The van der Waals surface area contributed by atoms with Gasteiger partial charge in [-0.25, -0.2) is 9.13 Å². The Hall–Kier alpha value is -4.54. The number of hydrogen-bond donors (Lipinski definition) is 3. The highest BCUT2D eigenvalue weighted by Crippen LogP contribution is 2.45. The van der Waals surface area contributed by atoms with Crippen LogP contribution in [0.15, 0.2) is 122 Å². The van der Waals surface area contributed by atoms with Crippen molar-refractivity contribution in [1.82, 2.24) is 0 Å². The maximum Gasteiger partial charge on any atom is 0.472 e. The normalized spacial score (nSPS) is 14.5. The summed E-state index contributed by atoms with van der Waals surface area (Å²) in [4.78, 5) is 73.0. The highest BCUT2D eigenvalue weighted by atomic mass is 31.2. The van der Waals surface area contributed by atoms with E-state index in [4.69, 9.17) is 37.0 Å². The van der Waals surface area contributed by atoms with Gasteiger partial charge in [0.1, 0.15) is 19.3 Å². The molecule has 0 amide bonds. The minimum absolute atomic E-state index is 0.0792. The maximum atomic E-state index is 13.1. The molecule has 0 aromatic rings. The van der Waals surface area contributed by atoms with Gasteiger partial charge in [0.2, 0.25) is 0 Å². The van der Waals surface area contributed by atoms with Crippen molar-refractivity contribution in [3.63, 3.8) is 0 Å². The summed E-state index contributed by atoms with van der Waals surface area (Å²) in [6, 6.07) is 0. The Balaban J connectivity index is 5.38. The van der Waals surface area contributed by atoms with Crippen LogP contribution in [-0.2, 0) is 65.4 Å². The molecule has 19 heteroatoms. The number of ether oxygens (including phenoxy) is 4. The van der Waals surface area contributed by atoms with Crippen LogP contribution in [-0.4, -0.2) is 96.7 Å². The lowest BCUT2D eigenvalue weighted by Crippen LogP contribution is -2.30. The monoisotopic (exact) mass is 1470 g/mol. The third kappa shape index (κ3) is 73.8. The molecule has 0 aliphatic rings. The molecule has 0 saturated carbocycles. The second-order valence-corrected chi connectivity index (χ2v) is 29.1. The molecule has 0 spiro atoms. The van der Waals surface area contributed by atoms with E-state index in [1.165, 1.54) is 25.7 Å². The number of phosphoric ester groups is 2. The minimum atomic E-state index is -4.99. The SMILES string of the molecule is CC/C=C\C/C=C\C/C=C\CCCCCCCCCC(=O)OCC(COP(=O)(O)OCC(O)COP(=O)(O)OCC(COC(=O)CCCCCCC/C=C\C/C=C\C/C=C\CC)OC(=O)CCCCCCC/C=C\CCCCCC)OC(=O)CCCCCCCCC/C=C\C/C=C\C/C=C\CC. The number of aliphatic hydroxyl groups excluding tert-OH is 1. The van der Waals surface area contributed by atoms with Gasteiger partial charge in [0.25, 0.3) is 0 Å². The van der Waals surface area contributed by atoms with Crippen LogP contribution in [0.3, 0.4) is 0 Å². The quantitative estimate of drug-likeness (QED) is 0.0169. The lowest BCUT2D eigenvalue weighted by molar-refractivity contribution is -0.161. The van der Waals surface area contributed by atoms with E-state index >= 15 is 0 Å². The molecule has 0 aromatic heterocycles. The average molecular weight is 1470 g/mol. The lowest BCUT2D eigenvalue weighted by Gasteiger charge is -2.21. The van der Waals surface area contributed by atoms with Gasteiger partial charge in [0.15, 0.2) is 12.2 Å². The zero-order valence-corrected chi connectivity index (χ0v) is 65.8. The van der Waals surface area contributed by atoms with Gasteiger partial charge in [0.05, 0.1) is 26.4 Å². The van der Waals surface area contributed by atoms with Crippen LogP contribution in [0.2, 0.25) is 0 Å². The van der Waals surface area contributed by atoms with Gasteiger partial charge in [-0.3, -0.25) is 37.3 Å². The number of phosphoric acid groups is 2. The molecule has 5 unspecified atom stereocenters. The van der Waals surface area contributed by atoms with Crippen LogP contribution in [0.1, 0.15) is 323 Å². The van der Waals surface area contributed by atoms with Gasteiger partial charge in [-0.15, -0.1) is 0 Å². The largest absolute Gasteiger partial charge is 0.472 e. The van der Waals surface area contributed by atoms with Crippen molar-refractivity contribution in [2.45, 2.75) is 341 Å². The van der Waals surface area contributed by atoms with Crippen molar-refractivity contribution in [3.8, 4) is 0 Å². The van der Waals surface area contributed by atoms with Crippen molar-refractivity contribution >= 4 is 39.5 Å². The van der Waals surface area contributed by atoms with E-state index in [9.17, 15) is 43.2 Å². The average Bonchev–Trinajstić information content (AvgIpc) is 0.959. The summed E-state index contributed by atoms with van der Waals surface area (Å²) in [6.07, 6.45) is 81.7. The zero-order chi connectivity index (χ0) is 74.6. The summed E-state index contributed by atoms with van der Waals surface area (Å²) in [6.45, 7) is 4.50. The fourth-order valence-electron chi connectivity index (χ4n) is 10.4. The number of unbranched alkanes of at least 4 members (excludes halogenated alkanes) is 28. The first-order valence-electron chi connectivity index (χ1n) is 39.8. The Kier molecular flexibility index (Phi) is 71.4. The molecule has 0 rings (SSSR count). The molecule has 102 heavy (non-hydrogen) atoms. The van der Waals surface area contributed by atoms with E-state index < -0.39 is 97.5 Å². The zero-order valence-electron chi connectivity index (χ0n) is 64.0. The lowest BCUT2D eigenvalue weighted by atomic mass is 10.1. The van der Waals surface area contributed by atoms with E-state index in [2.05, 4.69) is 149 Å². The van der Waals surface area contributed by atoms with Gasteiger partial charge < -0.3 is 33.8 Å². The van der Waals surface area contributed by atoms with Crippen LogP contribution >= 0.6 is 15.6 Å². The molecule has 0 radical (unpaired) electrons. The third-order valence-corrected chi connectivity index (χ3v) is 18.3. The predicted molar refractivity (Wildman–Crippen MR) is 418 cm³/mol. The van der Waals surface area contributed by atoms with E-state index in [1.807, 2.05) is 0 Å². The second kappa shape index (κ2) is 74.7. The van der Waals surface area contributed by atoms with Gasteiger partial charge in [-0.2, -0.15) is 0 Å². The fraction of sp³-hybridized carbons (Fsp3) is 0.711. The first-order valence-corrected chi connectivity index (χ1v) is 42.8. The Labute approximate surface area is 619 Å². The molecule has 586 valence electrons. The van der Waals surface area contributed by atoms with Gasteiger partial charge in [-0.05, 0) is 148 Å². The third-order valence-electron chi connectivity index (χ3n) is 16.4. The smallest absolute Gasteiger partial charge is 0.462 e. The van der Waals surface area contributed by atoms with Crippen LogP contribution in [0.25, 0.3) is 0 Å². The van der Waals surface area contributed by atoms with Crippen LogP contribution in [0.5, 0.6) is 0 Å². The summed E-state index contributed by atoms with van der Waals surface area (Å²) in [5.74, 6) is -2.22. The fourth-order valence-corrected chi connectivity index (χ4v) is 12.0. The maximum absolute atomic E-state index is 13.1. The van der Waals surface area contributed by atoms with Gasteiger partial charge >= 0.3 is 39.5 Å². The molecule has 17 nitrogen and oxygen atoms in total. The molecule has 0 aromatic carbocycles. The Bertz CT molecular complexity index is 2410. The van der Waals surface area contributed by atoms with Crippen molar-refractivity contribution < 1.29 is 80.2 Å². The van der Waals surface area contributed by atoms with Crippen LogP contribution in [0.4, 0.5) is 0 Å². The molecular formula is C83H142O17P2. The van der Waals surface area contributed by atoms with Crippen molar-refractivity contribution in [1.29, 1.82) is 0 Å². The highest BCUT2D eigenvalue weighted by molar-refractivity contribution is 7.47. The molecule has 3 N–H and O–H groups in total. The number of hydrogen-bond acceptors (Lipinski definition) is 15. The molecular weight excluding hydrogens is 1330 g/mol. The summed E-state index contributed by atoms with van der Waals surface area (Å²) in [5, 5.41) is 10.6. The van der Waals surface area contributed by atoms with E-state index in [0.29, 0.717) is 25.7 Å². The molecule has 0 bridgehead atoms. The van der Waals surface area contributed by atoms with E-state index in [-0.39, 0.29) is 25.7 Å². The Morgan fingerprint density at radius 1 is 0.284 bits per heavy atom. The number of rotatable bonds is 74. The number of aliphatic hydroxyl groups is 1. The summed E-state index contributed by atoms with van der Waals surface area (Å²) >= 11 is 0. The predicted octanol–water partition coefficient (Wildman–Crippen LogP) is 23.1. The molecule has 0 heterocycles. The van der Waals surface area contributed by atoms with E-state index in [1.54, 1.807) is 0 Å². The van der Waals surface area contributed by atoms with Gasteiger partial charge in [0, 0.05) is 25.7 Å². The topological polar surface area (TPSA) is 237 Å². The minimum Gasteiger partial charge on any atom is -0.462 e. The Morgan fingerprint density at radius 2 is 0.510 bits per heavy atom. The summed E-state index contributed by atoms with van der Waals surface area (Å²) in [7, 11) is -9.97.